The number of aliphatic hydroxyl groups excluding tert-OH is 1. The van der Waals surface area contributed by atoms with Crippen LogP contribution in [0.1, 0.15) is 34.7 Å². The molecule has 0 aromatic heterocycles. The summed E-state index contributed by atoms with van der Waals surface area (Å²) < 4.78 is 5.24. The van der Waals surface area contributed by atoms with Crippen LogP contribution in [0.25, 0.3) is 5.76 Å². The van der Waals surface area contributed by atoms with E-state index in [2.05, 4.69) is 0 Å². The molecule has 1 amide bonds. The van der Waals surface area contributed by atoms with Gasteiger partial charge in [-0.25, -0.2) is 0 Å². The fourth-order valence-corrected chi connectivity index (χ4v) is 4.01. The molecule has 0 aliphatic carbocycles. The molecule has 0 spiro atoms. The number of amides is 1. The fraction of sp³-hybridized carbons (Fsp3) is 0.360. The number of hydrogen-bond donors (Lipinski definition) is 2. The number of phenolic OH excluding ortho intramolecular Hbond substituents is 1. The van der Waals surface area contributed by atoms with E-state index in [0.29, 0.717) is 24.1 Å². The smallest absolute Gasteiger partial charge is 0.295 e. The van der Waals surface area contributed by atoms with Crippen molar-refractivity contribution >= 4 is 17.4 Å². The van der Waals surface area contributed by atoms with Gasteiger partial charge in [0.1, 0.15) is 5.76 Å². The van der Waals surface area contributed by atoms with Crippen LogP contribution in [0.2, 0.25) is 0 Å². The molecule has 1 aliphatic rings. The van der Waals surface area contributed by atoms with Gasteiger partial charge in [-0.05, 0) is 70.2 Å². The lowest BCUT2D eigenvalue weighted by Gasteiger charge is -2.26. The summed E-state index contributed by atoms with van der Waals surface area (Å²) in [6.45, 7) is 4.84. The van der Waals surface area contributed by atoms with Crippen LogP contribution in [-0.2, 0) is 9.59 Å². The first-order valence-corrected chi connectivity index (χ1v) is 10.5. The molecule has 1 atom stereocenters. The first-order chi connectivity index (χ1) is 15.1. The number of Topliss-reactive ketones (excluding diaryl/α,β-unsaturated/α-hetero) is 1. The molecule has 1 fully saturated rings. The van der Waals surface area contributed by atoms with E-state index in [4.69, 9.17) is 4.74 Å². The standard InChI is InChI=1S/C25H30N2O5/c1-15-7-8-16(2)18(13-15)23(29)21-22(17-9-10-19(28)20(14-17)32-5)27(25(31)24(21)30)12-6-11-26(3)4/h7-10,13-14,22,28-29H,6,11-12H2,1-5H3/b23-21+. The van der Waals surface area contributed by atoms with E-state index < -0.39 is 17.7 Å². The van der Waals surface area contributed by atoms with Gasteiger partial charge in [0, 0.05) is 12.1 Å². The van der Waals surface area contributed by atoms with Crippen molar-refractivity contribution in [2.24, 2.45) is 0 Å². The molecule has 0 saturated carbocycles. The second-order valence-electron chi connectivity index (χ2n) is 8.40. The normalized spacial score (nSPS) is 17.9. The minimum Gasteiger partial charge on any atom is -0.507 e. The van der Waals surface area contributed by atoms with Crippen molar-refractivity contribution in [3.05, 3.63) is 64.2 Å². The molecule has 32 heavy (non-hydrogen) atoms. The number of rotatable bonds is 7. The van der Waals surface area contributed by atoms with Gasteiger partial charge in [-0.1, -0.05) is 23.8 Å². The van der Waals surface area contributed by atoms with Crippen LogP contribution in [0.3, 0.4) is 0 Å². The Balaban J connectivity index is 2.18. The summed E-state index contributed by atoms with van der Waals surface area (Å²) in [6, 6.07) is 9.52. The van der Waals surface area contributed by atoms with E-state index in [9.17, 15) is 19.8 Å². The van der Waals surface area contributed by atoms with Crippen LogP contribution < -0.4 is 4.74 Å². The molecule has 7 nitrogen and oxygen atoms in total. The van der Waals surface area contributed by atoms with Crippen molar-refractivity contribution < 1.29 is 24.5 Å². The van der Waals surface area contributed by atoms with Crippen LogP contribution in [-0.4, -0.2) is 66.0 Å². The van der Waals surface area contributed by atoms with E-state index in [0.717, 1.165) is 17.7 Å². The molecule has 7 heteroatoms. The topological polar surface area (TPSA) is 90.3 Å². The highest BCUT2D eigenvalue weighted by Gasteiger charge is 2.46. The molecule has 1 aliphatic heterocycles. The Kier molecular flexibility index (Phi) is 6.89. The van der Waals surface area contributed by atoms with Gasteiger partial charge in [0.05, 0.1) is 18.7 Å². The van der Waals surface area contributed by atoms with Gasteiger partial charge < -0.3 is 24.7 Å². The van der Waals surface area contributed by atoms with Crippen molar-refractivity contribution in [2.75, 3.05) is 34.3 Å². The lowest BCUT2D eigenvalue weighted by Crippen LogP contribution is -2.32. The molecule has 2 aromatic carbocycles. The molecule has 2 aromatic rings. The average molecular weight is 439 g/mol. The van der Waals surface area contributed by atoms with E-state index >= 15 is 0 Å². The van der Waals surface area contributed by atoms with Crippen molar-refractivity contribution in [3.63, 3.8) is 0 Å². The first kappa shape index (κ1) is 23.3. The zero-order valence-electron chi connectivity index (χ0n) is 19.2. The van der Waals surface area contributed by atoms with E-state index in [1.165, 1.54) is 18.1 Å². The Labute approximate surface area is 188 Å². The number of aliphatic hydroxyl groups is 1. The van der Waals surface area contributed by atoms with Gasteiger partial charge in [0.15, 0.2) is 11.5 Å². The maximum atomic E-state index is 13.1. The summed E-state index contributed by atoms with van der Waals surface area (Å²) in [5, 5.41) is 21.3. The average Bonchev–Trinajstić information content (AvgIpc) is 3.00. The van der Waals surface area contributed by atoms with Gasteiger partial charge in [-0.15, -0.1) is 0 Å². The zero-order chi connectivity index (χ0) is 23.6. The van der Waals surface area contributed by atoms with Crippen molar-refractivity contribution in [3.8, 4) is 11.5 Å². The summed E-state index contributed by atoms with van der Waals surface area (Å²) in [4.78, 5) is 29.6. The molecule has 1 unspecified atom stereocenters. The van der Waals surface area contributed by atoms with Crippen LogP contribution in [0.15, 0.2) is 42.0 Å². The number of nitrogens with zero attached hydrogens (tertiary/aromatic N) is 2. The Morgan fingerprint density at radius 3 is 2.50 bits per heavy atom. The lowest BCUT2D eigenvalue weighted by atomic mass is 9.93. The summed E-state index contributed by atoms with van der Waals surface area (Å²) in [5.41, 5.74) is 2.87. The number of ketones is 1. The van der Waals surface area contributed by atoms with Crippen molar-refractivity contribution in [1.29, 1.82) is 0 Å². The third-order valence-corrected chi connectivity index (χ3v) is 5.71. The van der Waals surface area contributed by atoms with E-state index in [1.54, 1.807) is 18.2 Å². The maximum Gasteiger partial charge on any atom is 0.295 e. The highest BCUT2D eigenvalue weighted by Crippen LogP contribution is 2.42. The van der Waals surface area contributed by atoms with Crippen LogP contribution in [0.4, 0.5) is 0 Å². The molecular weight excluding hydrogens is 408 g/mol. The van der Waals surface area contributed by atoms with Gasteiger partial charge in [0.2, 0.25) is 0 Å². The molecule has 1 saturated heterocycles. The minimum atomic E-state index is -0.786. The monoisotopic (exact) mass is 438 g/mol. The van der Waals surface area contributed by atoms with Crippen molar-refractivity contribution in [2.45, 2.75) is 26.3 Å². The van der Waals surface area contributed by atoms with Crippen molar-refractivity contribution in [1.82, 2.24) is 9.80 Å². The number of likely N-dealkylation sites (tertiary alicyclic amines) is 1. The fourth-order valence-electron chi connectivity index (χ4n) is 4.01. The molecule has 1 heterocycles. The Morgan fingerprint density at radius 2 is 1.84 bits per heavy atom. The Hall–Kier alpha value is -3.32. The summed E-state index contributed by atoms with van der Waals surface area (Å²) >= 11 is 0. The number of phenols is 1. The Bertz CT molecular complexity index is 1070. The zero-order valence-corrected chi connectivity index (χ0v) is 19.2. The van der Waals surface area contributed by atoms with Gasteiger partial charge in [0.25, 0.3) is 11.7 Å². The predicted octanol–water partition coefficient (Wildman–Crippen LogP) is 3.39. The number of methoxy groups -OCH3 is 1. The third kappa shape index (κ3) is 4.48. The number of carbonyl (C=O) groups excluding carboxylic acids is 2. The summed E-state index contributed by atoms with van der Waals surface area (Å²) in [7, 11) is 5.32. The van der Waals surface area contributed by atoms with Crippen LogP contribution in [0.5, 0.6) is 11.5 Å². The highest BCUT2D eigenvalue weighted by molar-refractivity contribution is 6.46. The predicted molar refractivity (Wildman–Crippen MR) is 123 cm³/mol. The number of aromatic hydroxyl groups is 1. The number of aryl methyl sites for hydroxylation is 2. The summed E-state index contributed by atoms with van der Waals surface area (Å²) in [5.74, 6) is -1.38. The summed E-state index contributed by atoms with van der Waals surface area (Å²) in [6.07, 6.45) is 0.662. The third-order valence-electron chi connectivity index (χ3n) is 5.71. The van der Waals surface area contributed by atoms with E-state index in [1.807, 2.05) is 45.0 Å². The Morgan fingerprint density at radius 1 is 1.12 bits per heavy atom. The molecule has 0 radical (unpaired) electrons. The number of ether oxygens (including phenoxy) is 1. The van der Waals surface area contributed by atoms with E-state index in [-0.39, 0.29) is 22.8 Å². The highest BCUT2D eigenvalue weighted by atomic mass is 16.5. The minimum absolute atomic E-state index is 0.0429. The molecule has 170 valence electrons. The molecular formula is C25H30N2O5. The molecule has 3 rings (SSSR count). The van der Waals surface area contributed by atoms with Gasteiger partial charge in [-0.3, -0.25) is 9.59 Å². The molecule has 2 N–H and O–H groups in total. The van der Waals surface area contributed by atoms with Crippen LogP contribution >= 0.6 is 0 Å². The number of carbonyl (C=O) groups is 2. The number of benzene rings is 2. The molecule has 0 bridgehead atoms. The largest absolute Gasteiger partial charge is 0.507 e. The SMILES string of the molecule is COc1cc(C2/C(=C(\O)c3cc(C)ccc3C)C(=O)C(=O)N2CCCN(C)C)ccc1O. The quantitative estimate of drug-likeness (QED) is 0.391. The first-order valence-electron chi connectivity index (χ1n) is 10.5. The second kappa shape index (κ2) is 9.44. The lowest BCUT2D eigenvalue weighted by molar-refractivity contribution is -0.139. The van der Waals surface area contributed by atoms with Gasteiger partial charge >= 0.3 is 0 Å². The van der Waals surface area contributed by atoms with Crippen LogP contribution in [0, 0.1) is 13.8 Å². The second-order valence-corrected chi connectivity index (χ2v) is 8.40. The maximum absolute atomic E-state index is 13.1. The van der Waals surface area contributed by atoms with Gasteiger partial charge in [-0.2, -0.15) is 0 Å². The number of hydrogen-bond acceptors (Lipinski definition) is 6.